The molecule has 0 aliphatic carbocycles. The quantitative estimate of drug-likeness (QED) is 0.795. The Morgan fingerprint density at radius 1 is 1.29 bits per heavy atom. The molecule has 8 heteroatoms. The molecule has 2 aromatic rings. The number of aryl methyl sites for hydroxylation is 2. The molecular weight excluding hydrogens is 287 g/mol. The highest BCUT2D eigenvalue weighted by molar-refractivity contribution is 5.98. The van der Waals surface area contributed by atoms with E-state index in [1.54, 1.807) is 19.2 Å². The van der Waals surface area contributed by atoms with Crippen LogP contribution in [-0.4, -0.2) is 34.1 Å². The fourth-order valence-corrected chi connectivity index (χ4v) is 1.69. The maximum Gasteiger partial charge on any atom is 0.456 e. The molecular formula is C13H12F3N3O2. The Morgan fingerprint density at radius 3 is 2.52 bits per heavy atom. The number of carbonyl (C=O) groups is 1. The van der Waals surface area contributed by atoms with Crippen LogP contribution in [0, 0.1) is 0 Å². The first kappa shape index (κ1) is 15.0. The number of rotatable bonds is 5. The van der Waals surface area contributed by atoms with Crippen LogP contribution in [0.15, 0.2) is 30.5 Å². The van der Waals surface area contributed by atoms with Crippen molar-refractivity contribution in [1.82, 2.24) is 15.0 Å². The van der Waals surface area contributed by atoms with E-state index in [0.717, 1.165) is 17.5 Å². The van der Waals surface area contributed by atoms with Crippen molar-refractivity contribution in [3.05, 3.63) is 41.7 Å². The van der Waals surface area contributed by atoms with Crippen molar-refractivity contribution in [1.29, 1.82) is 0 Å². The number of ketones is 1. The smallest absolute Gasteiger partial charge is 0.456 e. The molecule has 0 radical (unpaired) electrons. The number of benzene rings is 1. The number of alkyl halides is 3. The first-order valence-corrected chi connectivity index (χ1v) is 6.05. The van der Waals surface area contributed by atoms with Gasteiger partial charge in [-0.15, -0.1) is 5.10 Å². The van der Waals surface area contributed by atoms with Crippen molar-refractivity contribution in [2.24, 2.45) is 0 Å². The van der Waals surface area contributed by atoms with Crippen LogP contribution >= 0.6 is 0 Å². The molecule has 112 valence electrons. The Balaban J connectivity index is 1.98. The van der Waals surface area contributed by atoms with Crippen LogP contribution in [0.4, 0.5) is 13.2 Å². The van der Waals surface area contributed by atoms with Gasteiger partial charge in [-0.25, -0.2) is 0 Å². The second-order valence-electron chi connectivity index (χ2n) is 4.29. The van der Waals surface area contributed by atoms with Crippen molar-refractivity contribution in [3.63, 3.8) is 0 Å². The number of carbonyl (C=O) groups excluding carboxylic acids is 1. The maximum atomic E-state index is 12.2. The molecule has 0 saturated carbocycles. The summed E-state index contributed by atoms with van der Waals surface area (Å²) in [5.74, 6) is -1.27. The number of methoxy groups -OCH3 is 1. The van der Waals surface area contributed by atoms with Gasteiger partial charge in [0.2, 0.25) is 0 Å². The number of nitrogens with zero attached hydrogens (tertiary/aromatic N) is 3. The minimum atomic E-state index is -4.93. The van der Waals surface area contributed by atoms with Crippen LogP contribution in [0.1, 0.15) is 16.1 Å². The average molecular weight is 299 g/mol. The van der Waals surface area contributed by atoms with E-state index in [9.17, 15) is 18.0 Å². The van der Waals surface area contributed by atoms with Gasteiger partial charge in [-0.2, -0.15) is 13.2 Å². The van der Waals surface area contributed by atoms with Crippen LogP contribution in [0.5, 0.6) is 5.75 Å². The molecule has 1 aromatic heterocycles. The monoisotopic (exact) mass is 299 g/mol. The zero-order chi connectivity index (χ0) is 15.5. The topological polar surface area (TPSA) is 57.0 Å². The molecule has 0 spiro atoms. The predicted molar refractivity (Wildman–Crippen MR) is 67.1 cm³/mol. The highest BCUT2D eigenvalue weighted by Gasteiger charge is 2.41. The summed E-state index contributed by atoms with van der Waals surface area (Å²) in [4.78, 5) is 11.0. The normalized spacial score (nSPS) is 11.4. The molecule has 2 rings (SSSR count). The summed E-state index contributed by atoms with van der Waals surface area (Å²) in [6.45, 7) is 0.324. The third-order valence-corrected chi connectivity index (χ3v) is 2.82. The summed E-state index contributed by atoms with van der Waals surface area (Å²) < 4.78 is 42.9. The second-order valence-corrected chi connectivity index (χ2v) is 4.29. The minimum absolute atomic E-state index is 0.324. The molecule has 0 unspecified atom stereocenters. The first-order chi connectivity index (χ1) is 9.90. The average Bonchev–Trinajstić information content (AvgIpc) is 2.92. The first-order valence-electron chi connectivity index (χ1n) is 6.05. The third kappa shape index (κ3) is 3.80. The predicted octanol–water partition coefficient (Wildman–Crippen LogP) is 2.27. The van der Waals surface area contributed by atoms with Gasteiger partial charge in [0, 0.05) is 6.54 Å². The minimum Gasteiger partial charge on any atom is -0.497 e. The van der Waals surface area contributed by atoms with Gasteiger partial charge in [-0.3, -0.25) is 9.48 Å². The zero-order valence-corrected chi connectivity index (χ0v) is 11.1. The Bertz CT molecular complexity index is 620. The molecule has 0 amide bonds. The molecule has 0 atom stereocenters. The van der Waals surface area contributed by atoms with Gasteiger partial charge in [0.1, 0.15) is 5.75 Å². The highest BCUT2D eigenvalue weighted by atomic mass is 19.4. The molecule has 0 aliphatic rings. The fraction of sp³-hybridized carbons (Fsp3) is 0.308. The molecule has 0 saturated heterocycles. The van der Waals surface area contributed by atoms with Gasteiger partial charge in [-0.1, -0.05) is 17.3 Å². The number of halogens is 3. The molecule has 0 aliphatic heterocycles. The van der Waals surface area contributed by atoms with E-state index in [4.69, 9.17) is 4.74 Å². The van der Waals surface area contributed by atoms with Crippen LogP contribution in [0.3, 0.4) is 0 Å². The standard InChI is InChI=1S/C13H12F3N3O2/c1-21-10-4-2-9(3-5-10)6-7-19-8-11(17-18-19)12(20)13(14,15)16/h2-5,8H,6-7H2,1H3. The van der Waals surface area contributed by atoms with Crippen LogP contribution in [0.25, 0.3) is 0 Å². The van der Waals surface area contributed by atoms with E-state index in [-0.39, 0.29) is 0 Å². The highest BCUT2D eigenvalue weighted by Crippen LogP contribution is 2.20. The lowest BCUT2D eigenvalue weighted by Gasteiger charge is -2.03. The molecule has 1 aromatic carbocycles. The Morgan fingerprint density at radius 2 is 1.95 bits per heavy atom. The zero-order valence-electron chi connectivity index (χ0n) is 11.1. The van der Waals surface area contributed by atoms with E-state index in [1.807, 2.05) is 12.1 Å². The van der Waals surface area contributed by atoms with Crippen molar-refractivity contribution >= 4 is 5.78 Å². The summed E-state index contributed by atoms with van der Waals surface area (Å²) in [5.41, 5.74) is 0.271. The van der Waals surface area contributed by atoms with E-state index in [1.165, 1.54) is 4.68 Å². The van der Waals surface area contributed by atoms with Crippen LogP contribution < -0.4 is 4.74 Å². The largest absolute Gasteiger partial charge is 0.497 e. The van der Waals surface area contributed by atoms with Gasteiger partial charge < -0.3 is 4.74 Å². The summed E-state index contributed by atoms with van der Waals surface area (Å²) in [6, 6.07) is 7.26. The number of ether oxygens (including phenoxy) is 1. The van der Waals surface area contributed by atoms with Crippen molar-refractivity contribution in [2.75, 3.05) is 7.11 Å². The van der Waals surface area contributed by atoms with Crippen LogP contribution in [-0.2, 0) is 13.0 Å². The number of Topliss-reactive ketones (excluding diaryl/α,β-unsaturated/α-hetero) is 1. The number of aromatic nitrogens is 3. The molecule has 21 heavy (non-hydrogen) atoms. The summed E-state index contributed by atoms with van der Waals surface area (Å²) in [6.07, 6.45) is -3.39. The Hall–Kier alpha value is -2.38. The van der Waals surface area contributed by atoms with E-state index >= 15 is 0 Å². The SMILES string of the molecule is COc1ccc(CCn2cc(C(=O)C(F)(F)F)nn2)cc1. The summed E-state index contributed by atoms with van der Waals surface area (Å²) in [5, 5.41) is 6.77. The number of hydrogen-bond donors (Lipinski definition) is 0. The third-order valence-electron chi connectivity index (χ3n) is 2.82. The Labute approximate surface area is 118 Å². The molecule has 0 fully saturated rings. The van der Waals surface area contributed by atoms with E-state index < -0.39 is 17.7 Å². The van der Waals surface area contributed by atoms with Gasteiger partial charge in [0.05, 0.1) is 13.3 Å². The lowest BCUT2D eigenvalue weighted by molar-refractivity contribution is -0.0888. The lowest BCUT2D eigenvalue weighted by Crippen LogP contribution is -2.23. The van der Waals surface area contributed by atoms with E-state index in [0.29, 0.717) is 13.0 Å². The number of hydrogen-bond acceptors (Lipinski definition) is 4. The van der Waals surface area contributed by atoms with Crippen molar-refractivity contribution < 1.29 is 22.7 Å². The summed E-state index contributed by atoms with van der Waals surface area (Å²) >= 11 is 0. The Kier molecular flexibility index (Phi) is 4.25. The molecule has 1 heterocycles. The van der Waals surface area contributed by atoms with E-state index in [2.05, 4.69) is 10.3 Å². The molecule has 0 bridgehead atoms. The van der Waals surface area contributed by atoms with Crippen LogP contribution in [0.2, 0.25) is 0 Å². The fourth-order valence-electron chi connectivity index (χ4n) is 1.69. The van der Waals surface area contributed by atoms with Gasteiger partial charge in [0.15, 0.2) is 5.69 Å². The van der Waals surface area contributed by atoms with Gasteiger partial charge in [-0.05, 0) is 24.1 Å². The maximum absolute atomic E-state index is 12.2. The van der Waals surface area contributed by atoms with Gasteiger partial charge in [0.25, 0.3) is 5.78 Å². The molecule has 5 nitrogen and oxygen atoms in total. The summed E-state index contributed by atoms with van der Waals surface area (Å²) in [7, 11) is 1.56. The second kappa shape index (κ2) is 5.94. The molecule has 0 N–H and O–H groups in total. The van der Waals surface area contributed by atoms with Gasteiger partial charge >= 0.3 is 6.18 Å². The van der Waals surface area contributed by atoms with Crippen molar-refractivity contribution in [2.45, 2.75) is 19.1 Å². The van der Waals surface area contributed by atoms with Crippen molar-refractivity contribution in [3.8, 4) is 5.75 Å². The lowest BCUT2D eigenvalue weighted by atomic mass is 10.1.